The predicted octanol–water partition coefficient (Wildman–Crippen LogP) is 0.696. The first-order valence-corrected chi connectivity index (χ1v) is 7.47. The minimum absolute atomic E-state index is 0.0947. The number of carboxylic acid groups (broad SMARTS) is 1. The van der Waals surface area contributed by atoms with Gasteiger partial charge in [0.2, 0.25) is 0 Å². The van der Waals surface area contributed by atoms with Crippen molar-refractivity contribution in [2.45, 2.75) is 5.03 Å². The molecule has 0 spiro atoms. The fourth-order valence-electron chi connectivity index (χ4n) is 2.13. The van der Waals surface area contributed by atoms with Crippen molar-refractivity contribution in [2.24, 2.45) is 0 Å². The van der Waals surface area contributed by atoms with E-state index in [1.165, 1.54) is 0 Å². The molecule has 2 N–H and O–H groups in total. The normalized spacial score (nSPS) is 14.4. The topological polar surface area (TPSA) is 113 Å². The van der Waals surface area contributed by atoms with Crippen molar-refractivity contribution in [3.05, 3.63) is 36.0 Å². The highest BCUT2D eigenvalue weighted by Crippen LogP contribution is 2.34. The molecular weight excluding hydrogens is 298 g/mol. The highest BCUT2D eigenvalue weighted by Gasteiger charge is 2.34. The van der Waals surface area contributed by atoms with Crippen molar-refractivity contribution in [2.75, 3.05) is 17.5 Å². The van der Waals surface area contributed by atoms with E-state index in [1.807, 2.05) is 0 Å². The Balaban J connectivity index is 2.12. The SMILES string of the molecule is O=C(O)c1cn[nH]c1S(=O)(=O)N1CCOc2ccccc21. The first-order chi connectivity index (χ1) is 10.0. The Bertz CT molecular complexity index is 799. The van der Waals surface area contributed by atoms with Crippen molar-refractivity contribution in [3.8, 4) is 5.75 Å². The van der Waals surface area contributed by atoms with Gasteiger partial charge in [-0.1, -0.05) is 12.1 Å². The number of aromatic carboxylic acids is 1. The van der Waals surface area contributed by atoms with Gasteiger partial charge in [-0.25, -0.2) is 4.79 Å². The number of para-hydroxylation sites is 2. The molecule has 1 aromatic carbocycles. The number of fused-ring (bicyclic) bond motifs is 1. The number of anilines is 1. The largest absolute Gasteiger partial charge is 0.489 e. The number of aromatic amines is 1. The average Bonchev–Trinajstić information content (AvgIpc) is 2.97. The summed E-state index contributed by atoms with van der Waals surface area (Å²) in [6.07, 6.45) is 0.974. The van der Waals surface area contributed by atoms with Gasteiger partial charge in [-0.3, -0.25) is 9.40 Å². The van der Waals surface area contributed by atoms with Crippen LogP contribution in [-0.4, -0.2) is 42.8 Å². The number of hydrogen-bond acceptors (Lipinski definition) is 5. The highest BCUT2D eigenvalue weighted by molar-refractivity contribution is 7.92. The molecule has 110 valence electrons. The highest BCUT2D eigenvalue weighted by atomic mass is 32.2. The van der Waals surface area contributed by atoms with E-state index in [2.05, 4.69) is 10.2 Å². The van der Waals surface area contributed by atoms with Crippen LogP contribution in [0.4, 0.5) is 5.69 Å². The van der Waals surface area contributed by atoms with E-state index in [1.54, 1.807) is 24.3 Å². The van der Waals surface area contributed by atoms with Crippen LogP contribution >= 0.6 is 0 Å². The summed E-state index contributed by atoms with van der Waals surface area (Å²) in [5.74, 6) is -0.924. The van der Waals surface area contributed by atoms with Crippen molar-refractivity contribution in [1.82, 2.24) is 10.2 Å². The van der Waals surface area contributed by atoms with Gasteiger partial charge < -0.3 is 9.84 Å². The summed E-state index contributed by atoms with van der Waals surface area (Å²) >= 11 is 0. The van der Waals surface area contributed by atoms with E-state index in [9.17, 15) is 13.2 Å². The summed E-state index contributed by atoms with van der Waals surface area (Å²) in [6, 6.07) is 6.67. The lowest BCUT2D eigenvalue weighted by molar-refractivity contribution is 0.0692. The van der Waals surface area contributed by atoms with E-state index in [4.69, 9.17) is 9.84 Å². The summed E-state index contributed by atoms with van der Waals surface area (Å²) in [5.41, 5.74) is -0.0198. The Morgan fingerprint density at radius 3 is 2.90 bits per heavy atom. The van der Waals surface area contributed by atoms with Gasteiger partial charge >= 0.3 is 5.97 Å². The fraction of sp³-hybridized carbons (Fsp3) is 0.167. The van der Waals surface area contributed by atoms with Gasteiger partial charge in [0, 0.05) is 0 Å². The summed E-state index contributed by atoms with van der Waals surface area (Å²) in [4.78, 5) is 11.1. The number of rotatable bonds is 3. The molecule has 0 atom stereocenters. The third-order valence-corrected chi connectivity index (χ3v) is 4.86. The predicted molar refractivity (Wildman–Crippen MR) is 72.0 cm³/mol. The van der Waals surface area contributed by atoms with Crippen molar-refractivity contribution in [1.29, 1.82) is 0 Å². The number of ether oxygens (including phenoxy) is 1. The van der Waals surface area contributed by atoms with Gasteiger partial charge in [-0.15, -0.1) is 0 Å². The van der Waals surface area contributed by atoms with Crippen molar-refractivity contribution in [3.63, 3.8) is 0 Å². The summed E-state index contributed by atoms with van der Waals surface area (Å²) in [7, 11) is -4.05. The smallest absolute Gasteiger partial charge is 0.340 e. The van der Waals surface area contributed by atoms with Crippen LogP contribution in [0.3, 0.4) is 0 Å². The Kier molecular flexibility index (Phi) is 3.05. The van der Waals surface area contributed by atoms with E-state index in [0.29, 0.717) is 11.4 Å². The minimum Gasteiger partial charge on any atom is -0.489 e. The molecule has 1 aliphatic rings. The maximum absolute atomic E-state index is 12.7. The molecule has 3 rings (SSSR count). The van der Waals surface area contributed by atoms with E-state index < -0.39 is 21.0 Å². The van der Waals surface area contributed by atoms with Gasteiger partial charge in [0.05, 0.1) is 18.4 Å². The summed E-state index contributed by atoms with van der Waals surface area (Å²) in [6.45, 7) is 0.282. The van der Waals surface area contributed by atoms with Crippen LogP contribution in [0, 0.1) is 0 Å². The number of nitrogens with one attached hydrogen (secondary N) is 1. The molecular formula is C12H11N3O5S. The Hall–Kier alpha value is -2.55. The zero-order valence-corrected chi connectivity index (χ0v) is 11.5. The van der Waals surface area contributed by atoms with Crippen LogP contribution in [0.1, 0.15) is 10.4 Å². The molecule has 9 heteroatoms. The van der Waals surface area contributed by atoms with Crippen molar-refractivity contribution >= 4 is 21.7 Å². The van der Waals surface area contributed by atoms with Crippen LogP contribution in [0.2, 0.25) is 0 Å². The maximum Gasteiger partial charge on any atom is 0.340 e. The Morgan fingerprint density at radius 2 is 2.14 bits per heavy atom. The molecule has 0 aliphatic carbocycles. The zero-order valence-electron chi connectivity index (χ0n) is 10.7. The lowest BCUT2D eigenvalue weighted by atomic mass is 10.2. The van der Waals surface area contributed by atoms with Gasteiger partial charge in [-0.2, -0.15) is 13.5 Å². The van der Waals surface area contributed by atoms with E-state index >= 15 is 0 Å². The van der Waals surface area contributed by atoms with Crippen LogP contribution < -0.4 is 9.04 Å². The number of carbonyl (C=O) groups is 1. The lowest BCUT2D eigenvalue weighted by Crippen LogP contribution is -2.38. The molecule has 1 aromatic heterocycles. The first kappa shape index (κ1) is 13.4. The monoisotopic (exact) mass is 309 g/mol. The second-order valence-corrected chi connectivity index (χ2v) is 6.11. The number of sulfonamides is 1. The number of carboxylic acids is 1. The standard InChI is InChI=1S/C12H11N3O5S/c16-12(17)8-7-13-14-11(8)21(18,19)15-5-6-20-10-4-2-1-3-9(10)15/h1-4,7H,5-6H2,(H,13,14)(H,16,17). The van der Waals surface area contributed by atoms with Gasteiger partial charge in [0.25, 0.3) is 10.0 Å². The number of aromatic nitrogens is 2. The quantitative estimate of drug-likeness (QED) is 0.862. The summed E-state index contributed by atoms with van der Waals surface area (Å²) < 4.78 is 31.9. The number of hydrogen-bond donors (Lipinski definition) is 2. The number of H-pyrrole nitrogens is 1. The van der Waals surface area contributed by atoms with Crippen molar-refractivity contribution < 1.29 is 23.1 Å². The van der Waals surface area contributed by atoms with E-state index in [-0.39, 0.29) is 18.7 Å². The Labute approximate surface area is 120 Å². The molecule has 21 heavy (non-hydrogen) atoms. The van der Waals surface area contributed by atoms with Gasteiger partial charge in [0.15, 0.2) is 5.03 Å². The molecule has 0 saturated carbocycles. The first-order valence-electron chi connectivity index (χ1n) is 6.03. The molecule has 0 unspecified atom stereocenters. The summed E-state index contributed by atoms with van der Waals surface area (Å²) in [5, 5.41) is 14.4. The number of benzene rings is 1. The molecule has 0 fully saturated rings. The van der Waals surface area contributed by atoms with Crippen LogP contribution in [0.5, 0.6) is 5.75 Å². The van der Waals surface area contributed by atoms with Crippen LogP contribution in [0.15, 0.2) is 35.5 Å². The second-order valence-electron chi connectivity index (χ2n) is 4.31. The van der Waals surface area contributed by atoms with Gasteiger partial charge in [0.1, 0.15) is 17.9 Å². The molecule has 2 heterocycles. The minimum atomic E-state index is -4.05. The molecule has 0 saturated heterocycles. The maximum atomic E-state index is 12.7. The van der Waals surface area contributed by atoms with E-state index in [0.717, 1.165) is 10.5 Å². The molecule has 8 nitrogen and oxygen atoms in total. The second kappa shape index (κ2) is 4.77. The van der Waals surface area contributed by atoms with Crippen LogP contribution in [-0.2, 0) is 10.0 Å². The fourth-order valence-corrected chi connectivity index (χ4v) is 3.66. The third-order valence-electron chi connectivity index (χ3n) is 3.07. The molecule has 1 aliphatic heterocycles. The lowest BCUT2D eigenvalue weighted by Gasteiger charge is -2.29. The third kappa shape index (κ3) is 2.11. The zero-order chi connectivity index (χ0) is 15.0. The molecule has 0 amide bonds. The molecule has 0 radical (unpaired) electrons. The van der Waals surface area contributed by atoms with Gasteiger partial charge in [-0.05, 0) is 12.1 Å². The number of nitrogens with zero attached hydrogens (tertiary/aromatic N) is 2. The Morgan fingerprint density at radius 1 is 1.38 bits per heavy atom. The van der Waals surface area contributed by atoms with Crippen LogP contribution in [0.25, 0.3) is 0 Å². The molecule has 0 bridgehead atoms. The average molecular weight is 309 g/mol. The molecule has 2 aromatic rings.